The van der Waals surface area contributed by atoms with E-state index < -0.39 is 11.4 Å². The van der Waals surface area contributed by atoms with Crippen LogP contribution in [-0.4, -0.2) is 16.7 Å². The molecule has 0 bridgehead atoms. The Morgan fingerprint density at radius 3 is 2.79 bits per heavy atom. The Morgan fingerprint density at radius 1 is 1.42 bits per heavy atom. The van der Waals surface area contributed by atoms with Gasteiger partial charge >= 0.3 is 0 Å². The van der Waals surface area contributed by atoms with E-state index in [2.05, 4.69) is 10.1 Å². The Labute approximate surface area is 110 Å². The molecule has 0 atom stereocenters. The van der Waals surface area contributed by atoms with Gasteiger partial charge in [0, 0.05) is 12.3 Å². The van der Waals surface area contributed by atoms with Crippen LogP contribution in [0.1, 0.15) is 26.6 Å². The molecule has 0 amide bonds. The molecule has 0 fully saturated rings. The molecule has 2 aromatic rings. The van der Waals surface area contributed by atoms with Crippen LogP contribution in [0.4, 0.5) is 10.1 Å². The van der Waals surface area contributed by atoms with Gasteiger partial charge < -0.3 is 15.0 Å². The molecule has 1 aromatic carbocycles. The van der Waals surface area contributed by atoms with Crippen LogP contribution in [0.2, 0.25) is 0 Å². The molecule has 1 aromatic heterocycles. The molecule has 0 aliphatic heterocycles. The molecule has 1 heterocycles. The first-order valence-corrected chi connectivity index (χ1v) is 5.97. The molecule has 6 heteroatoms. The number of ether oxygens (including phenoxy) is 1. The van der Waals surface area contributed by atoms with Crippen molar-refractivity contribution in [3.63, 3.8) is 0 Å². The van der Waals surface area contributed by atoms with Crippen molar-refractivity contribution in [1.82, 2.24) is 10.1 Å². The summed E-state index contributed by atoms with van der Waals surface area (Å²) in [5.41, 5.74) is 5.38. The molecule has 0 saturated carbocycles. The summed E-state index contributed by atoms with van der Waals surface area (Å²) in [6, 6.07) is 4.30. The Balaban J connectivity index is 2.35. The molecule has 0 spiro atoms. The summed E-state index contributed by atoms with van der Waals surface area (Å²) in [5, 5.41) is 3.84. The number of hydrogen-bond donors (Lipinski definition) is 1. The number of nitrogen functional groups attached to an aromatic ring is 1. The zero-order chi connectivity index (χ0) is 14.0. The highest BCUT2D eigenvalue weighted by Crippen LogP contribution is 2.27. The van der Waals surface area contributed by atoms with Crippen molar-refractivity contribution < 1.29 is 13.7 Å². The standard InChI is InChI=1S/C13H16FN3O2/c1-4-18-13(2,3)12-16-11(19-17-12)9-6-5-8(15)7-10(9)14/h5-7H,4,15H2,1-3H3. The fourth-order valence-electron chi connectivity index (χ4n) is 1.71. The SMILES string of the molecule is CCOC(C)(C)c1noc(-c2ccc(N)cc2F)n1. The van der Waals surface area contributed by atoms with Crippen molar-refractivity contribution >= 4 is 5.69 Å². The quantitative estimate of drug-likeness (QED) is 0.860. The van der Waals surface area contributed by atoms with Gasteiger partial charge in [0.15, 0.2) is 0 Å². The molecule has 0 unspecified atom stereocenters. The van der Waals surface area contributed by atoms with Crippen molar-refractivity contribution in [2.45, 2.75) is 26.4 Å². The minimum absolute atomic E-state index is 0.111. The summed E-state index contributed by atoms with van der Waals surface area (Å²) < 4.78 is 24.3. The second-order valence-corrected chi connectivity index (χ2v) is 4.61. The molecular formula is C13H16FN3O2. The predicted octanol–water partition coefficient (Wildman–Crippen LogP) is 2.73. The van der Waals surface area contributed by atoms with Crippen molar-refractivity contribution in [1.29, 1.82) is 0 Å². The topological polar surface area (TPSA) is 74.2 Å². The minimum Gasteiger partial charge on any atom is -0.399 e. The van der Waals surface area contributed by atoms with Crippen LogP contribution in [0.5, 0.6) is 0 Å². The number of aromatic nitrogens is 2. The van der Waals surface area contributed by atoms with Gasteiger partial charge in [0.25, 0.3) is 5.89 Å². The summed E-state index contributed by atoms with van der Waals surface area (Å²) in [6.07, 6.45) is 0. The van der Waals surface area contributed by atoms with Crippen molar-refractivity contribution in [3.05, 3.63) is 29.8 Å². The minimum atomic E-state index is -0.680. The van der Waals surface area contributed by atoms with Gasteiger partial charge in [-0.25, -0.2) is 4.39 Å². The summed E-state index contributed by atoms with van der Waals surface area (Å²) in [6.45, 7) is 6.05. The van der Waals surface area contributed by atoms with E-state index in [0.717, 1.165) is 0 Å². The van der Waals surface area contributed by atoms with Crippen molar-refractivity contribution in [2.24, 2.45) is 0 Å². The second kappa shape index (κ2) is 4.97. The molecule has 19 heavy (non-hydrogen) atoms. The van der Waals surface area contributed by atoms with Crippen LogP contribution in [0.15, 0.2) is 22.7 Å². The van der Waals surface area contributed by atoms with E-state index in [9.17, 15) is 4.39 Å². The Bertz CT molecular complexity index is 581. The van der Waals surface area contributed by atoms with E-state index in [-0.39, 0.29) is 11.5 Å². The maximum Gasteiger partial charge on any atom is 0.261 e. The average Bonchev–Trinajstić information content (AvgIpc) is 2.78. The first-order valence-electron chi connectivity index (χ1n) is 5.97. The molecule has 0 aliphatic carbocycles. The maximum atomic E-state index is 13.8. The van der Waals surface area contributed by atoms with Crippen LogP contribution in [0.25, 0.3) is 11.5 Å². The molecule has 2 rings (SSSR count). The van der Waals surface area contributed by atoms with Crippen molar-refractivity contribution in [3.8, 4) is 11.5 Å². The normalized spacial score (nSPS) is 11.8. The van der Waals surface area contributed by atoms with Crippen LogP contribution in [0.3, 0.4) is 0 Å². The van der Waals surface area contributed by atoms with Gasteiger partial charge in [-0.15, -0.1) is 0 Å². The highest BCUT2D eigenvalue weighted by molar-refractivity contribution is 5.58. The first-order chi connectivity index (χ1) is 8.94. The summed E-state index contributed by atoms with van der Waals surface area (Å²) >= 11 is 0. The molecule has 102 valence electrons. The molecule has 0 aliphatic rings. The van der Waals surface area contributed by atoms with Gasteiger partial charge in [0.2, 0.25) is 5.82 Å². The number of anilines is 1. The number of nitrogens with zero attached hydrogens (tertiary/aromatic N) is 2. The molecule has 0 saturated heterocycles. The number of benzene rings is 1. The lowest BCUT2D eigenvalue weighted by Gasteiger charge is -2.19. The number of hydrogen-bond acceptors (Lipinski definition) is 5. The fraction of sp³-hybridized carbons (Fsp3) is 0.385. The summed E-state index contributed by atoms with van der Waals surface area (Å²) in [4.78, 5) is 4.18. The number of nitrogens with two attached hydrogens (primary N) is 1. The molecule has 2 N–H and O–H groups in total. The van der Waals surface area contributed by atoms with Crippen molar-refractivity contribution in [2.75, 3.05) is 12.3 Å². The Kier molecular flexibility index (Phi) is 3.53. The van der Waals surface area contributed by atoms with Gasteiger partial charge in [-0.05, 0) is 39.0 Å². The third-order valence-electron chi connectivity index (χ3n) is 2.69. The maximum absolute atomic E-state index is 13.8. The third kappa shape index (κ3) is 2.73. The van der Waals surface area contributed by atoms with Gasteiger partial charge in [0.05, 0.1) is 5.56 Å². The molecule has 0 radical (unpaired) electrons. The zero-order valence-corrected chi connectivity index (χ0v) is 11.1. The van der Waals surface area contributed by atoms with E-state index in [1.807, 2.05) is 20.8 Å². The van der Waals surface area contributed by atoms with Gasteiger partial charge in [-0.2, -0.15) is 4.98 Å². The summed E-state index contributed by atoms with van der Waals surface area (Å²) in [5.74, 6) is -0.00901. The highest BCUT2D eigenvalue weighted by Gasteiger charge is 2.28. The number of halogens is 1. The molecular weight excluding hydrogens is 249 g/mol. The second-order valence-electron chi connectivity index (χ2n) is 4.61. The first kappa shape index (κ1) is 13.5. The molecule has 5 nitrogen and oxygen atoms in total. The van der Waals surface area contributed by atoms with Crippen LogP contribution >= 0.6 is 0 Å². The van der Waals surface area contributed by atoms with Gasteiger partial charge in [-0.1, -0.05) is 5.16 Å². The van der Waals surface area contributed by atoms with E-state index >= 15 is 0 Å². The van der Waals surface area contributed by atoms with E-state index in [1.165, 1.54) is 12.1 Å². The van der Waals surface area contributed by atoms with E-state index in [4.69, 9.17) is 15.0 Å². The highest BCUT2D eigenvalue weighted by atomic mass is 19.1. The lowest BCUT2D eigenvalue weighted by Crippen LogP contribution is -2.23. The fourth-order valence-corrected chi connectivity index (χ4v) is 1.71. The predicted molar refractivity (Wildman–Crippen MR) is 68.8 cm³/mol. The Hall–Kier alpha value is -1.95. The van der Waals surface area contributed by atoms with Gasteiger partial charge in [-0.3, -0.25) is 0 Å². The van der Waals surface area contributed by atoms with E-state index in [0.29, 0.717) is 18.1 Å². The van der Waals surface area contributed by atoms with Crippen LogP contribution < -0.4 is 5.73 Å². The zero-order valence-electron chi connectivity index (χ0n) is 11.1. The lowest BCUT2D eigenvalue weighted by molar-refractivity contribution is -0.0221. The lowest BCUT2D eigenvalue weighted by atomic mass is 10.1. The average molecular weight is 265 g/mol. The number of rotatable bonds is 4. The van der Waals surface area contributed by atoms with Crippen LogP contribution in [0, 0.1) is 5.82 Å². The van der Waals surface area contributed by atoms with E-state index in [1.54, 1.807) is 6.07 Å². The Morgan fingerprint density at radius 2 is 2.16 bits per heavy atom. The monoisotopic (exact) mass is 265 g/mol. The summed E-state index contributed by atoms with van der Waals surface area (Å²) in [7, 11) is 0. The largest absolute Gasteiger partial charge is 0.399 e. The smallest absolute Gasteiger partial charge is 0.261 e. The van der Waals surface area contributed by atoms with Gasteiger partial charge in [0.1, 0.15) is 11.4 Å². The third-order valence-corrected chi connectivity index (χ3v) is 2.69. The van der Waals surface area contributed by atoms with Crippen LogP contribution in [-0.2, 0) is 10.3 Å².